The monoisotopic (exact) mass is 489 g/mol. The summed E-state index contributed by atoms with van der Waals surface area (Å²) in [5.74, 6) is 0.307. The second-order valence-corrected chi connectivity index (χ2v) is 7.84. The van der Waals surface area contributed by atoms with Crippen LogP contribution in [-0.2, 0) is 21.0 Å². The standard InChI is InChI=1S/C22H24BrN3O5/c1-15(21(27)24-13-19-12-20(23)25-31-19)26(17-8-10-18(29-2)11-9-17)22(28)30-14-16-6-4-3-5-7-16/h3-11,15,19H,12-14H2,1-2H3,(H,24,27)/t15-,19?/m0/s1. The number of hydrogen-bond donors (Lipinski definition) is 1. The maximum absolute atomic E-state index is 13.0. The predicted molar refractivity (Wildman–Crippen MR) is 120 cm³/mol. The van der Waals surface area contributed by atoms with Crippen LogP contribution in [0.15, 0.2) is 59.8 Å². The van der Waals surface area contributed by atoms with Gasteiger partial charge in [0.15, 0.2) is 6.10 Å². The van der Waals surface area contributed by atoms with Crippen LogP contribution in [0.5, 0.6) is 5.75 Å². The van der Waals surface area contributed by atoms with Crippen molar-refractivity contribution in [3.05, 3.63) is 60.2 Å². The van der Waals surface area contributed by atoms with Crippen molar-refractivity contribution in [1.29, 1.82) is 0 Å². The lowest BCUT2D eigenvalue weighted by molar-refractivity contribution is -0.122. The van der Waals surface area contributed by atoms with Gasteiger partial charge in [-0.1, -0.05) is 35.5 Å². The highest BCUT2D eigenvalue weighted by Gasteiger charge is 2.30. The van der Waals surface area contributed by atoms with E-state index in [0.29, 0.717) is 22.5 Å². The molecule has 0 aromatic heterocycles. The van der Waals surface area contributed by atoms with Crippen LogP contribution < -0.4 is 15.0 Å². The summed E-state index contributed by atoms with van der Waals surface area (Å²) in [7, 11) is 1.56. The van der Waals surface area contributed by atoms with Gasteiger partial charge in [0.2, 0.25) is 5.91 Å². The Balaban J connectivity index is 1.70. The highest BCUT2D eigenvalue weighted by molar-refractivity contribution is 9.18. The fourth-order valence-electron chi connectivity index (χ4n) is 3.00. The first kappa shape index (κ1) is 22.6. The Morgan fingerprint density at radius 3 is 2.55 bits per heavy atom. The van der Waals surface area contributed by atoms with Gasteiger partial charge in [-0.05, 0) is 52.7 Å². The molecule has 8 nitrogen and oxygen atoms in total. The molecule has 0 aliphatic carbocycles. The molecule has 1 unspecified atom stereocenters. The maximum Gasteiger partial charge on any atom is 0.415 e. The number of nitrogens with zero attached hydrogens (tertiary/aromatic N) is 2. The second kappa shape index (κ2) is 10.8. The van der Waals surface area contributed by atoms with Crippen molar-refractivity contribution >= 4 is 38.2 Å². The van der Waals surface area contributed by atoms with E-state index in [4.69, 9.17) is 14.3 Å². The van der Waals surface area contributed by atoms with E-state index < -0.39 is 12.1 Å². The fraction of sp³-hybridized carbons (Fsp3) is 0.318. The number of carbonyl (C=O) groups excluding carboxylic acids is 2. The number of methoxy groups -OCH3 is 1. The van der Waals surface area contributed by atoms with Crippen LogP contribution >= 0.6 is 15.9 Å². The Labute approximate surface area is 189 Å². The molecule has 31 heavy (non-hydrogen) atoms. The van der Waals surface area contributed by atoms with Crippen LogP contribution in [-0.4, -0.2) is 42.4 Å². The Bertz CT molecular complexity index is 921. The molecule has 0 radical (unpaired) electrons. The average molecular weight is 490 g/mol. The van der Waals surface area contributed by atoms with Gasteiger partial charge >= 0.3 is 6.09 Å². The van der Waals surface area contributed by atoms with E-state index in [2.05, 4.69) is 26.4 Å². The van der Waals surface area contributed by atoms with E-state index in [1.807, 2.05) is 30.3 Å². The van der Waals surface area contributed by atoms with Gasteiger partial charge in [-0.15, -0.1) is 0 Å². The molecule has 9 heteroatoms. The van der Waals surface area contributed by atoms with E-state index in [9.17, 15) is 9.59 Å². The largest absolute Gasteiger partial charge is 0.497 e. The maximum atomic E-state index is 13.0. The number of oxime groups is 1. The third kappa shape index (κ3) is 6.21. The number of anilines is 1. The smallest absolute Gasteiger partial charge is 0.415 e. The lowest BCUT2D eigenvalue weighted by Gasteiger charge is -2.28. The molecule has 0 saturated heterocycles. The van der Waals surface area contributed by atoms with E-state index in [0.717, 1.165) is 5.56 Å². The number of ether oxygens (including phenoxy) is 2. The molecule has 1 N–H and O–H groups in total. The predicted octanol–water partition coefficient (Wildman–Crippen LogP) is 3.84. The third-order valence-electron chi connectivity index (χ3n) is 4.72. The molecule has 1 heterocycles. The highest BCUT2D eigenvalue weighted by Crippen LogP contribution is 2.23. The Hall–Kier alpha value is -3.07. The van der Waals surface area contributed by atoms with Crippen molar-refractivity contribution < 1.29 is 23.9 Å². The topological polar surface area (TPSA) is 89.5 Å². The SMILES string of the molecule is COc1ccc(N(C(=O)OCc2ccccc2)[C@@H](C)C(=O)NCC2CC(Br)=NO2)cc1. The molecule has 2 aromatic carbocycles. The van der Waals surface area contributed by atoms with E-state index >= 15 is 0 Å². The van der Waals surface area contributed by atoms with Gasteiger partial charge in [0.25, 0.3) is 0 Å². The van der Waals surface area contributed by atoms with E-state index in [1.165, 1.54) is 4.90 Å². The van der Waals surface area contributed by atoms with Crippen LogP contribution in [0.4, 0.5) is 10.5 Å². The second-order valence-electron chi connectivity index (χ2n) is 6.93. The first-order valence-corrected chi connectivity index (χ1v) is 10.6. The summed E-state index contributed by atoms with van der Waals surface area (Å²) in [5, 5.41) is 6.62. The molecule has 1 aliphatic rings. The molecular formula is C22H24BrN3O5. The van der Waals surface area contributed by atoms with E-state index in [1.54, 1.807) is 38.3 Å². The van der Waals surface area contributed by atoms with Crippen molar-refractivity contribution in [2.24, 2.45) is 5.16 Å². The van der Waals surface area contributed by atoms with Crippen LogP contribution in [0.3, 0.4) is 0 Å². The fourth-order valence-corrected chi connectivity index (χ4v) is 3.45. The van der Waals surface area contributed by atoms with Crippen molar-refractivity contribution in [1.82, 2.24) is 5.32 Å². The minimum atomic E-state index is -0.817. The van der Waals surface area contributed by atoms with Crippen molar-refractivity contribution in [3.63, 3.8) is 0 Å². The zero-order valence-electron chi connectivity index (χ0n) is 17.3. The van der Waals surface area contributed by atoms with E-state index in [-0.39, 0.29) is 25.2 Å². The molecule has 0 fully saturated rings. The average Bonchev–Trinajstić information content (AvgIpc) is 3.22. The Morgan fingerprint density at radius 2 is 1.94 bits per heavy atom. The highest BCUT2D eigenvalue weighted by atomic mass is 79.9. The summed E-state index contributed by atoms with van der Waals surface area (Å²) in [6, 6.07) is 15.4. The number of carbonyl (C=O) groups is 2. The number of halogens is 1. The number of amides is 2. The zero-order chi connectivity index (χ0) is 22.2. The molecule has 0 saturated carbocycles. The Kier molecular flexibility index (Phi) is 7.88. The van der Waals surface area contributed by atoms with Gasteiger partial charge in [-0.3, -0.25) is 9.69 Å². The van der Waals surface area contributed by atoms with Gasteiger partial charge in [0.1, 0.15) is 23.0 Å². The first-order valence-electron chi connectivity index (χ1n) is 9.77. The molecule has 164 valence electrons. The number of nitrogens with one attached hydrogen (secondary N) is 1. The van der Waals surface area contributed by atoms with Crippen molar-refractivity contribution in [3.8, 4) is 5.75 Å². The van der Waals surface area contributed by atoms with Gasteiger partial charge in [-0.2, -0.15) is 0 Å². The van der Waals surface area contributed by atoms with Crippen LogP contribution in [0, 0.1) is 0 Å². The Morgan fingerprint density at radius 1 is 1.23 bits per heavy atom. The first-order chi connectivity index (χ1) is 15.0. The van der Waals surface area contributed by atoms with Crippen LogP contribution in [0.2, 0.25) is 0 Å². The normalized spacial score (nSPS) is 16.0. The summed E-state index contributed by atoms with van der Waals surface area (Å²) in [6.45, 7) is 2.02. The van der Waals surface area contributed by atoms with Gasteiger partial charge in [0, 0.05) is 12.1 Å². The van der Waals surface area contributed by atoms with Crippen LogP contribution in [0.1, 0.15) is 18.9 Å². The minimum absolute atomic E-state index is 0.0992. The summed E-state index contributed by atoms with van der Waals surface area (Å²) in [5.41, 5.74) is 1.37. The number of hydrogen-bond acceptors (Lipinski definition) is 6. The van der Waals surface area contributed by atoms with Crippen LogP contribution in [0.25, 0.3) is 0 Å². The summed E-state index contributed by atoms with van der Waals surface area (Å²) >= 11 is 3.27. The molecule has 2 aromatic rings. The number of rotatable bonds is 8. The van der Waals surface area contributed by atoms with Gasteiger partial charge in [-0.25, -0.2) is 4.79 Å². The molecule has 3 rings (SSSR count). The summed E-state index contributed by atoms with van der Waals surface area (Å²) < 4.78 is 11.4. The van der Waals surface area contributed by atoms with Gasteiger partial charge in [0.05, 0.1) is 13.7 Å². The minimum Gasteiger partial charge on any atom is -0.497 e. The number of benzene rings is 2. The molecule has 0 bridgehead atoms. The molecule has 1 aliphatic heterocycles. The van der Waals surface area contributed by atoms with Crippen molar-refractivity contribution in [2.75, 3.05) is 18.6 Å². The molecule has 2 amide bonds. The molecular weight excluding hydrogens is 466 g/mol. The summed E-state index contributed by atoms with van der Waals surface area (Å²) in [6.07, 6.45) is -0.291. The van der Waals surface area contributed by atoms with Crippen molar-refractivity contribution in [2.45, 2.75) is 32.1 Å². The third-order valence-corrected chi connectivity index (χ3v) is 5.19. The summed E-state index contributed by atoms with van der Waals surface area (Å²) in [4.78, 5) is 32.3. The molecule has 0 spiro atoms. The quantitative estimate of drug-likeness (QED) is 0.608. The lowest BCUT2D eigenvalue weighted by Crippen LogP contribution is -2.49. The zero-order valence-corrected chi connectivity index (χ0v) is 18.9. The van der Waals surface area contributed by atoms with Gasteiger partial charge < -0.3 is 19.6 Å². The molecule has 2 atom stereocenters. The lowest BCUT2D eigenvalue weighted by atomic mass is 10.2.